The fraction of sp³-hybridized carbons (Fsp3) is 0.200. The van der Waals surface area contributed by atoms with Crippen LogP contribution >= 0.6 is 11.6 Å². The van der Waals surface area contributed by atoms with Crippen molar-refractivity contribution >= 4 is 23.0 Å². The van der Waals surface area contributed by atoms with Gasteiger partial charge in [0.2, 0.25) is 0 Å². The molecule has 3 heteroatoms. The number of halogens is 2. The summed E-state index contributed by atoms with van der Waals surface area (Å²) in [5, 5.41) is 3.61. The number of rotatable bonds is 2. The number of benzene rings is 2. The lowest BCUT2D eigenvalue weighted by atomic mass is 10.0. The zero-order valence-electron chi connectivity index (χ0n) is 10.6. The molecule has 18 heavy (non-hydrogen) atoms. The third-order valence-electron chi connectivity index (χ3n) is 2.81. The molecule has 94 valence electrons. The Balaban J connectivity index is 2.40. The van der Waals surface area contributed by atoms with Gasteiger partial charge in [0.15, 0.2) is 0 Å². The summed E-state index contributed by atoms with van der Waals surface area (Å²) in [4.78, 5) is 0. The van der Waals surface area contributed by atoms with Crippen LogP contribution in [-0.4, -0.2) is 0 Å². The summed E-state index contributed by atoms with van der Waals surface area (Å²) in [7, 11) is 0. The summed E-state index contributed by atoms with van der Waals surface area (Å²) in [6.07, 6.45) is 0. The third-order valence-corrected chi connectivity index (χ3v) is 3.03. The van der Waals surface area contributed by atoms with Crippen molar-refractivity contribution in [3.63, 3.8) is 0 Å². The Morgan fingerprint density at radius 3 is 2.11 bits per heavy atom. The standard InChI is InChI=1S/C15H15ClFN/c1-9-4-10(2)15(11(3)5-9)18-14-7-12(16)6-13(17)8-14/h4-8,18H,1-3H3. The van der Waals surface area contributed by atoms with E-state index < -0.39 is 0 Å². The first-order valence-electron chi connectivity index (χ1n) is 5.76. The molecule has 0 aliphatic carbocycles. The molecule has 1 nitrogen and oxygen atoms in total. The van der Waals surface area contributed by atoms with Crippen LogP contribution in [0, 0.1) is 26.6 Å². The number of aryl methyl sites for hydroxylation is 3. The van der Waals surface area contributed by atoms with E-state index in [2.05, 4.69) is 24.4 Å². The normalized spacial score (nSPS) is 10.5. The molecular weight excluding hydrogens is 249 g/mol. The van der Waals surface area contributed by atoms with Crippen molar-refractivity contribution in [2.45, 2.75) is 20.8 Å². The van der Waals surface area contributed by atoms with Gasteiger partial charge in [-0.15, -0.1) is 0 Å². The molecule has 0 amide bonds. The molecule has 0 spiro atoms. The number of nitrogens with one attached hydrogen (secondary N) is 1. The third kappa shape index (κ3) is 2.82. The second-order valence-electron chi connectivity index (χ2n) is 4.56. The van der Waals surface area contributed by atoms with E-state index in [1.54, 1.807) is 6.07 Å². The number of hydrogen-bond donors (Lipinski definition) is 1. The molecule has 2 aromatic carbocycles. The van der Waals surface area contributed by atoms with Gasteiger partial charge in [0, 0.05) is 16.4 Å². The maximum absolute atomic E-state index is 13.3. The predicted molar refractivity (Wildman–Crippen MR) is 75.3 cm³/mol. The van der Waals surface area contributed by atoms with Crippen molar-refractivity contribution in [1.82, 2.24) is 0 Å². The molecule has 0 aliphatic heterocycles. The monoisotopic (exact) mass is 263 g/mol. The topological polar surface area (TPSA) is 12.0 Å². The summed E-state index contributed by atoms with van der Waals surface area (Å²) in [5.41, 5.74) is 5.14. The van der Waals surface area contributed by atoms with Crippen LogP contribution in [0.25, 0.3) is 0 Å². The SMILES string of the molecule is Cc1cc(C)c(Nc2cc(F)cc(Cl)c2)c(C)c1. The highest BCUT2D eigenvalue weighted by Gasteiger charge is 2.05. The lowest BCUT2D eigenvalue weighted by molar-refractivity contribution is 0.628. The molecule has 1 N–H and O–H groups in total. The Labute approximate surface area is 112 Å². The van der Waals surface area contributed by atoms with Crippen LogP contribution in [0.3, 0.4) is 0 Å². The van der Waals surface area contributed by atoms with E-state index in [1.165, 1.54) is 17.7 Å². The molecule has 0 aliphatic rings. The maximum Gasteiger partial charge on any atom is 0.126 e. The second kappa shape index (κ2) is 4.99. The lowest BCUT2D eigenvalue weighted by Crippen LogP contribution is -1.97. The largest absolute Gasteiger partial charge is 0.355 e. The van der Waals surface area contributed by atoms with Crippen molar-refractivity contribution in [1.29, 1.82) is 0 Å². The van der Waals surface area contributed by atoms with Gasteiger partial charge in [-0.3, -0.25) is 0 Å². The Bertz CT molecular complexity index is 550. The Hall–Kier alpha value is -1.54. The van der Waals surface area contributed by atoms with Gasteiger partial charge in [-0.25, -0.2) is 4.39 Å². The molecule has 2 rings (SSSR count). The average Bonchev–Trinajstić information content (AvgIpc) is 2.22. The summed E-state index contributed by atoms with van der Waals surface area (Å²) in [6, 6.07) is 8.63. The van der Waals surface area contributed by atoms with E-state index in [1.807, 2.05) is 13.8 Å². The van der Waals surface area contributed by atoms with Crippen LogP contribution < -0.4 is 5.32 Å². The van der Waals surface area contributed by atoms with E-state index in [4.69, 9.17) is 11.6 Å². The van der Waals surface area contributed by atoms with E-state index in [9.17, 15) is 4.39 Å². The first-order valence-corrected chi connectivity index (χ1v) is 6.14. The molecule has 0 radical (unpaired) electrons. The Morgan fingerprint density at radius 2 is 1.56 bits per heavy atom. The lowest BCUT2D eigenvalue weighted by Gasteiger charge is -2.14. The molecule has 0 atom stereocenters. The molecule has 0 saturated heterocycles. The van der Waals surface area contributed by atoms with Crippen molar-refractivity contribution < 1.29 is 4.39 Å². The smallest absolute Gasteiger partial charge is 0.126 e. The van der Waals surface area contributed by atoms with Crippen molar-refractivity contribution in [3.05, 3.63) is 57.9 Å². The van der Waals surface area contributed by atoms with Gasteiger partial charge in [0.1, 0.15) is 5.82 Å². The van der Waals surface area contributed by atoms with E-state index >= 15 is 0 Å². The highest BCUT2D eigenvalue weighted by atomic mass is 35.5. The van der Waals surface area contributed by atoms with E-state index in [0.29, 0.717) is 10.7 Å². The zero-order chi connectivity index (χ0) is 13.3. The first kappa shape index (κ1) is 12.9. The van der Waals surface area contributed by atoms with Crippen molar-refractivity contribution in [3.8, 4) is 0 Å². The van der Waals surface area contributed by atoms with Crippen LogP contribution in [0.5, 0.6) is 0 Å². The van der Waals surface area contributed by atoms with Crippen molar-refractivity contribution in [2.75, 3.05) is 5.32 Å². The van der Waals surface area contributed by atoms with Gasteiger partial charge in [0.05, 0.1) is 0 Å². The zero-order valence-corrected chi connectivity index (χ0v) is 11.4. The Kier molecular flexibility index (Phi) is 3.58. The predicted octanol–water partition coefficient (Wildman–Crippen LogP) is 5.15. The Morgan fingerprint density at radius 1 is 0.944 bits per heavy atom. The summed E-state index contributed by atoms with van der Waals surface area (Å²) < 4.78 is 13.3. The quantitative estimate of drug-likeness (QED) is 0.790. The molecule has 2 aromatic rings. The van der Waals surface area contributed by atoms with Gasteiger partial charge >= 0.3 is 0 Å². The minimum absolute atomic E-state index is 0.340. The fourth-order valence-corrected chi connectivity index (χ4v) is 2.37. The maximum atomic E-state index is 13.3. The highest BCUT2D eigenvalue weighted by Crippen LogP contribution is 2.27. The summed E-state index contributed by atoms with van der Waals surface area (Å²) in [5.74, 6) is -0.340. The number of anilines is 2. The van der Waals surface area contributed by atoms with Gasteiger partial charge in [-0.05, 0) is 50.1 Å². The van der Waals surface area contributed by atoms with Gasteiger partial charge in [-0.2, -0.15) is 0 Å². The van der Waals surface area contributed by atoms with Gasteiger partial charge < -0.3 is 5.32 Å². The second-order valence-corrected chi connectivity index (χ2v) is 4.99. The minimum atomic E-state index is -0.340. The molecule has 0 fully saturated rings. The first-order chi connectivity index (χ1) is 8.45. The highest BCUT2D eigenvalue weighted by molar-refractivity contribution is 6.30. The molecule has 0 unspecified atom stereocenters. The molecule has 0 heterocycles. The van der Waals surface area contributed by atoms with Crippen LogP contribution in [0.15, 0.2) is 30.3 Å². The fourth-order valence-electron chi connectivity index (χ4n) is 2.15. The van der Waals surface area contributed by atoms with Crippen molar-refractivity contribution in [2.24, 2.45) is 0 Å². The van der Waals surface area contributed by atoms with E-state index in [0.717, 1.165) is 16.8 Å². The molecule has 0 aromatic heterocycles. The van der Waals surface area contributed by atoms with Gasteiger partial charge in [0.25, 0.3) is 0 Å². The molecule has 0 saturated carbocycles. The van der Waals surface area contributed by atoms with Crippen LogP contribution in [0.4, 0.5) is 15.8 Å². The van der Waals surface area contributed by atoms with Crippen LogP contribution in [0.2, 0.25) is 5.02 Å². The summed E-state index contributed by atoms with van der Waals surface area (Å²) >= 11 is 5.84. The van der Waals surface area contributed by atoms with Crippen LogP contribution in [0.1, 0.15) is 16.7 Å². The summed E-state index contributed by atoms with van der Waals surface area (Å²) in [6.45, 7) is 6.12. The average molecular weight is 264 g/mol. The molecule has 0 bridgehead atoms. The van der Waals surface area contributed by atoms with Crippen LogP contribution in [-0.2, 0) is 0 Å². The van der Waals surface area contributed by atoms with E-state index in [-0.39, 0.29) is 5.82 Å². The van der Waals surface area contributed by atoms with Gasteiger partial charge in [-0.1, -0.05) is 29.3 Å². The number of hydrogen-bond acceptors (Lipinski definition) is 1. The molecular formula is C15H15ClFN. The minimum Gasteiger partial charge on any atom is -0.355 e.